The van der Waals surface area contributed by atoms with E-state index >= 15 is 0 Å². The van der Waals surface area contributed by atoms with Gasteiger partial charge in [0, 0.05) is 37.0 Å². The van der Waals surface area contributed by atoms with E-state index < -0.39 is 0 Å². The molecule has 4 heteroatoms. The Bertz CT molecular complexity index is 331. The maximum Gasteiger partial charge on any atom is 0.0941 e. The van der Waals surface area contributed by atoms with Gasteiger partial charge in [0.25, 0.3) is 0 Å². The van der Waals surface area contributed by atoms with Gasteiger partial charge in [-0.15, -0.1) is 11.3 Å². The normalized spacial score (nSPS) is 12.0. The molecule has 18 heavy (non-hydrogen) atoms. The zero-order chi connectivity index (χ0) is 13.4. The summed E-state index contributed by atoms with van der Waals surface area (Å²) in [5.74, 6) is 0. The van der Waals surface area contributed by atoms with E-state index in [0.717, 1.165) is 39.1 Å². The number of thiazole rings is 1. The van der Waals surface area contributed by atoms with Crippen LogP contribution in [0.3, 0.4) is 0 Å². The molecule has 0 atom stereocenters. The number of rotatable bonds is 8. The monoisotopic (exact) mass is 270 g/mol. The van der Waals surface area contributed by atoms with Gasteiger partial charge in [-0.25, -0.2) is 4.98 Å². The zero-order valence-electron chi connectivity index (χ0n) is 12.1. The van der Waals surface area contributed by atoms with E-state index in [2.05, 4.69) is 36.5 Å². The van der Waals surface area contributed by atoms with E-state index in [0.29, 0.717) is 0 Å². The van der Waals surface area contributed by atoms with Gasteiger partial charge in [0.15, 0.2) is 0 Å². The lowest BCUT2D eigenvalue weighted by atomic mass is 9.93. The summed E-state index contributed by atoms with van der Waals surface area (Å²) in [5, 5.41) is 6.85. The minimum atomic E-state index is 0.166. The Hall–Kier alpha value is -0.450. The van der Waals surface area contributed by atoms with Crippen molar-refractivity contribution in [3.05, 3.63) is 16.1 Å². The predicted molar refractivity (Wildman–Crippen MR) is 78.5 cm³/mol. The van der Waals surface area contributed by atoms with E-state index in [1.807, 2.05) is 6.92 Å². The van der Waals surface area contributed by atoms with Crippen molar-refractivity contribution < 1.29 is 4.74 Å². The molecular formula is C14H26N2OS. The van der Waals surface area contributed by atoms with Gasteiger partial charge in [0.05, 0.1) is 10.7 Å². The molecule has 0 unspecified atom stereocenters. The Labute approximate surface area is 115 Å². The average molecular weight is 270 g/mol. The van der Waals surface area contributed by atoms with Gasteiger partial charge in [-0.05, 0) is 19.9 Å². The van der Waals surface area contributed by atoms with Crippen LogP contribution in [0.1, 0.15) is 44.8 Å². The van der Waals surface area contributed by atoms with Gasteiger partial charge in [-0.1, -0.05) is 20.8 Å². The maximum absolute atomic E-state index is 5.29. The van der Waals surface area contributed by atoms with Crippen molar-refractivity contribution in [3.8, 4) is 0 Å². The highest BCUT2D eigenvalue weighted by Crippen LogP contribution is 2.23. The zero-order valence-corrected chi connectivity index (χ0v) is 12.9. The Balaban J connectivity index is 2.14. The van der Waals surface area contributed by atoms with Crippen LogP contribution in [-0.2, 0) is 16.6 Å². The van der Waals surface area contributed by atoms with Crippen LogP contribution in [0.2, 0.25) is 0 Å². The molecule has 3 nitrogen and oxygen atoms in total. The first kappa shape index (κ1) is 15.6. The van der Waals surface area contributed by atoms with Gasteiger partial charge in [0.1, 0.15) is 0 Å². The van der Waals surface area contributed by atoms with E-state index in [-0.39, 0.29) is 5.41 Å². The van der Waals surface area contributed by atoms with Crippen LogP contribution in [0, 0.1) is 0 Å². The van der Waals surface area contributed by atoms with E-state index in [1.54, 1.807) is 11.3 Å². The first-order chi connectivity index (χ1) is 8.54. The number of nitrogens with zero attached hydrogens (tertiary/aromatic N) is 1. The van der Waals surface area contributed by atoms with Crippen molar-refractivity contribution >= 4 is 11.3 Å². The topological polar surface area (TPSA) is 34.1 Å². The summed E-state index contributed by atoms with van der Waals surface area (Å²) in [4.78, 5) is 4.68. The third-order valence-corrected chi connectivity index (χ3v) is 3.59. The second-order valence-corrected chi connectivity index (χ2v) is 6.37. The molecule has 0 fully saturated rings. The molecule has 1 rings (SSSR count). The van der Waals surface area contributed by atoms with Crippen molar-refractivity contribution in [2.75, 3.05) is 26.3 Å². The van der Waals surface area contributed by atoms with Crippen molar-refractivity contribution in [1.82, 2.24) is 10.3 Å². The molecule has 1 aromatic heterocycles. The van der Waals surface area contributed by atoms with E-state index in [9.17, 15) is 0 Å². The number of hydrogen-bond acceptors (Lipinski definition) is 4. The number of aromatic nitrogens is 1. The lowest BCUT2D eigenvalue weighted by molar-refractivity contribution is 0.145. The Kier molecular flexibility index (Phi) is 6.82. The van der Waals surface area contributed by atoms with Gasteiger partial charge >= 0.3 is 0 Å². The van der Waals surface area contributed by atoms with Crippen molar-refractivity contribution in [2.24, 2.45) is 0 Å². The molecule has 0 aliphatic rings. The van der Waals surface area contributed by atoms with Crippen LogP contribution in [0.5, 0.6) is 0 Å². The van der Waals surface area contributed by atoms with Crippen LogP contribution in [0.15, 0.2) is 5.38 Å². The lowest BCUT2D eigenvalue weighted by Gasteiger charge is -2.14. The molecule has 0 aromatic carbocycles. The van der Waals surface area contributed by atoms with Gasteiger partial charge in [-0.3, -0.25) is 0 Å². The molecule has 0 amide bonds. The lowest BCUT2D eigenvalue weighted by Crippen LogP contribution is -2.20. The van der Waals surface area contributed by atoms with E-state index in [4.69, 9.17) is 4.74 Å². The minimum absolute atomic E-state index is 0.166. The summed E-state index contributed by atoms with van der Waals surface area (Å²) >= 11 is 1.77. The molecule has 0 aliphatic carbocycles. The van der Waals surface area contributed by atoms with Crippen LogP contribution in [0.4, 0.5) is 0 Å². The predicted octanol–water partition coefficient (Wildman–Crippen LogP) is 3.00. The van der Waals surface area contributed by atoms with Crippen LogP contribution in [0.25, 0.3) is 0 Å². The highest BCUT2D eigenvalue weighted by molar-refractivity contribution is 7.09. The Morgan fingerprint density at radius 2 is 2.11 bits per heavy atom. The molecule has 0 aliphatic heterocycles. The standard InChI is InChI=1S/C14H26N2OS/c1-5-17-10-6-8-15-9-7-13-16-12(11-18-13)14(2,3)4/h11,15H,5-10H2,1-4H3. The maximum atomic E-state index is 5.29. The molecule has 104 valence electrons. The SMILES string of the molecule is CCOCCCNCCc1nc(C(C)(C)C)cs1. The number of ether oxygens (including phenoxy) is 1. The van der Waals surface area contributed by atoms with Crippen LogP contribution >= 0.6 is 11.3 Å². The van der Waals surface area contributed by atoms with Gasteiger partial charge < -0.3 is 10.1 Å². The third kappa shape index (κ3) is 5.94. The Morgan fingerprint density at radius 3 is 2.72 bits per heavy atom. The summed E-state index contributed by atoms with van der Waals surface area (Å²) < 4.78 is 5.29. The second-order valence-electron chi connectivity index (χ2n) is 5.43. The quantitative estimate of drug-likeness (QED) is 0.737. The first-order valence-electron chi connectivity index (χ1n) is 6.77. The molecule has 1 N–H and O–H groups in total. The second kappa shape index (κ2) is 7.87. The Morgan fingerprint density at radius 1 is 1.33 bits per heavy atom. The van der Waals surface area contributed by atoms with Crippen LogP contribution in [-0.4, -0.2) is 31.3 Å². The fourth-order valence-electron chi connectivity index (χ4n) is 1.53. The summed E-state index contributed by atoms with van der Waals surface area (Å²) in [6.07, 6.45) is 2.11. The summed E-state index contributed by atoms with van der Waals surface area (Å²) in [7, 11) is 0. The van der Waals surface area contributed by atoms with Gasteiger partial charge in [0.2, 0.25) is 0 Å². The van der Waals surface area contributed by atoms with Crippen molar-refractivity contribution in [3.63, 3.8) is 0 Å². The smallest absolute Gasteiger partial charge is 0.0941 e. The van der Waals surface area contributed by atoms with Crippen molar-refractivity contribution in [2.45, 2.75) is 46.0 Å². The minimum Gasteiger partial charge on any atom is -0.382 e. The fraction of sp³-hybridized carbons (Fsp3) is 0.786. The molecule has 0 saturated heterocycles. The highest BCUT2D eigenvalue weighted by atomic mass is 32.1. The molecule has 0 radical (unpaired) electrons. The molecule has 1 aromatic rings. The molecule has 0 spiro atoms. The summed E-state index contributed by atoms with van der Waals surface area (Å²) in [6.45, 7) is 12.3. The number of hydrogen-bond donors (Lipinski definition) is 1. The van der Waals surface area contributed by atoms with Crippen molar-refractivity contribution in [1.29, 1.82) is 0 Å². The average Bonchev–Trinajstić information content (AvgIpc) is 2.76. The fourth-order valence-corrected chi connectivity index (χ4v) is 2.56. The third-order valence-electron chi connectivity index (χ3n) is 2.68. The molecular weight excluding hydrogens is 244 g/mol. The van der Waals surface area contributed by atoms with Crippen LogP contribution < -0.4 is 5.32 Å². The molecule has 0 bridgehead atoms. The highest BCUT2D eigenvalue weighted by Gasteiger charge is 2.16. The van der Waals surface area contributed by atoms with E-state index in [1.165, 1.54) is 10.7 Å². The molecule has 0 saturated carbocycles. The summed E-state index contributed by atoms with van der Waals surface area (Å²) in [5.41, 5.74) is 1.37. The number of nitrogens with one attached hydrogen (secondary N) is 1. The van der Waals surface area contributed by atoms with Gasteiger partial charge in [-0.2, -0.15) is 0 Å². The molecule has 1 heterocycles. The summed E-state index contributed by atoms with van der Waals surface area (Å²) in [6, 6.07) is 0. The first-order valence-corrected chi connectivity index (χ1v) is 7.65. The largest absolute Gasteiger partial charge is 0.382 e.